The van der Waals surface area contributed by atoms with Gasteiger partial charge in [-0.2, -0.15) is 0 Å². The van der Waals surface area contributed by atoms with Gasteiger partial charge in [0.2, 0.25) is 10.0 Å². The van der Waals surface area contributed by atoms with Crippen molar-refractivity contribution in [1.82, 2.24) is 9.71 Å². The number of hydrogen-bond acceptors (Lipinski definition) is 5. The van der Waals surface area contributed by atoms with Crippen LogP contribution in [0, 0.1) is 6.92 Å². The van der Waals surface area contributed by atoms with Crippen molar-refractivity contribution < 1.29 is 8.42 Å². The largest absolute Gasteiger partial charge is 0.330 e. The summed E-state index contributed by atoms with van der Waals surface area (Å²) in [6, 6.07) is 0. The molecule has 16 heavy (non-hydrogen) atoms. The van der Waals surface area contributed by atoms with Gasteiger partial charge in [0.15, 0.2) is 0 Å². The zero-order valence-corrected chi connectivity index (χ0v) is 10.9. The fourth-order valence-corrected chi connectivity index (χ4v) is 3.06. The van der Waals surface area contributed by atoms with Crippen LogP contribution in [-0.2, 0) is 16.4 Å². The first-order valence-electron chi connectivity index (χ1n) is 5.12. The summed E-state index contributed by atoms with van der Waals surface area (Å²) in [4.78, 5) is 4.26. The molecule has 1 aromatic rings. The predicted molar refractivity (Wildman–Crippen MR) is 66.0 cm³/mol. The summed E-state index contributed by atoms with van der Waals surface area (Å²) in [5.74, 6) is 0.0976. The van der Waals surface area contributed by atoms with Crippen LogP contribution >= 0.6 is 11.3 Å². The van der Waals surface area contributed by atoms with Gasteiger partial charge >= 0.3 is 0 Å². The Morgan fingerprint density at radius 3 is 2.88 bits per heavy atom. The van der Waals surface area contributed by atoms with E-state index in [1.807, 2.05) is 12.3 Å². The van der Waals surface area contributed by atoms with Gasteiger partial charge in [-0.05, 0) is 19.9 Å². The van der Waals surface area contributed by atoms with Crippen LogP contribution in [0.25, 0.3) is 0 Å². The van der Waals surface area contributed by atoms with Crippen LogP contribution in [0.4, 0.5) is 0 Å². The van der Waals surface area contributed by atoms with Crippen molar-refractivity contribution in [3.05, 3.63) is 16.1 Å². The molecule has 0 aliphatic rings. The van der Waals surface area contributed by atoms with E-state index in [0.29, 0.717) is 25.9 Å². The third-order valence-corrected chi connectivity index (χ3v) is 4.44. The van der Waals surface area contributed by atoms with Crippen LogP contribution < -0.4 is 10.5 Å². The maximum atomic E-state index is 11.4. The fraction of sp³-hybridized carbons (Fsp3) is 0.667. The van der Waals surface area contributed by atoms with Crippen LogP contribution in [0.5, 0.6) is 0 Å². The van der Waals surface area contributed by atoms with Crippen LogP contribution in [0.2, 0.25) is 0 Å². The Hall–Kier alpha value is -0.500. The molecule has 0 fully saturated rings. The van der Waals surface area contributed by atoms with Gasteiger partial charge in [-0.1, -0.05) is 0 Å². The van der Waals surface area contributed by atoms with E-state index >= 15 is 0 Å². The molecule has 7 heteroatoms. The summed E-state index contributed by atoms with van der Waals surface area (Å²) in [6.07, 6.45) is 1.13. The van der Waals surface area contributed by atoms with Gasteiger partial charge in [0, 0.05) is 24.0 Å². The number of thiazole rings is 1. The molecule has 1 aromatic heterocycles. The van der Waals surface area contributed by atoms with E-state index < -0.39 is 10.0 Å². The smallest absolute Gasteiger partial charge is 0.211 e. The van der Waals surface area contributed by atoms with E-state index in [0.717, 1.165) is 10.7 Å². The number of nitrogens with two attached hydrogens (primary N) is 1. The third kappa shape index (κ3) is 5.02. The quantitative estimate of drug-likeness (QED) is 0.739. The number of sulfonamides is 1. The molecule has 0 aromatic carbocycles. The molecule has 0 atom stereocenters. The van der Waals surface area contributed by atoms with Crippen LogP contribution in [0.15, 0.2) is 5.38 Å². The predicted octanol–water partition coefficient (Wildman–Crippen LogP) is 0.262. The van der Waals surface area contributed by atoms with Gasteiger partial charge in [-0.3, -0.25) is 0 Å². The molecule has 0 saturated carbocycles. The summed E-state index contributed by atoms with van der Waals surface area (Å²) < 4.78 is 25.3. The molecule has 0 amide bonds. The normalized spacial score (nSPS) is 11.9. The van der Waals surface area contributed by atoms with E-state index in [1.54, 1.807) is 11.3 Å². The second kappa shape index (κ2) is 6.29. The molecular weight excluding hydrogens is 246 g/mol. The van der Waals surface area contributed by atoms with Crippen molar-refractivity contribution in [2.24, 2.45) is 5.73 Å². The van der Waals surface area contributed by atoms with Gasteiger partial charge in [-0.15, -0.1) is 11.3 Å². The average Bonchev–Trinajstić information content (AvgIpc) is 2.61. The molecule has 1 heterocycles. The molecular formula is C9H17N3O2S2. The lowest BCUT2D eigenvalue weighted by atomic mass is 10.4. The highest BCUT2D eigenvalue weighted by atomic mass is 32.2. The van der Waals surface area contributed by atoms with E-state index in [-0.39, 0.29) is 5.75 Å². The van der Waals surface area contributed by atoms with Crippen LogP contribution in [0.1, 0.15) is 17.1 Å². The van der Waals surface area contributed by atoms with Gasteiger partial charge in [-0.25, -0.2) is 18.1 Å². The molecule has 0 spiro atoms. The number of nitrogens with one attached hydrogen (secondary N) is 1. The van der Waals surface area contributed by atoms with E-state index in [4.69, 9.17) is 5.73 Å². The summed E-state index contributed by atoms with van der Waals surface area (Å²) in [6.45, 7) is 2.72. The number of aryl methyl sites for hydroxylation is 1. The summed E-state index contributed by atoms with van der Waals surface area (Å²) in [5.41, 5.74) is 6.24. The number of aromatic nitrogens is 1. The average molecular weight is 263 g/mol. The van der Waals surface area contributed by atoms with Gasteiger partial charge in [0.1, 0.15) is 0 Å². The summed E-state index contributed by atoms with van der Waals surface area (Å²) >= 11 is 1.55. The minimum Gasteiger partial charge on any atom is -0.330 e. The minimum atomic E-state index is -3.16. The fourth-order valence-electron chi connectivity index (χ4n) is 1.18. The highest BCUT2D eigenvalue weighted by molar-refractivity contribution is 7.89. The maximum absolute atomic E-state index is 11.4. The van der Waals surface area contributed by atoms with E-state index in [2.05, 4.69) is 9.71 Å². The maximum Gasteiger partial charge on any atom is 0.211 e. The van der Waals surface area contributed by atoms with Crippen molar-refractivity contribution >= 4 is 21.4 Å². The standard InChI is InChI=1S/C9H17N3O2S2/c1-8-7-15-9(12-8)3-5-11-16(13,14)6-2-4-10/h7,11H,2-6,10H2,1H3. The Bertz CT molecular complexity index is 414. The number of hydrogen-bond donors (Lipinski definition) is 2. The van der Waals surface area contributed by atoms with Gasteiger partial charge < -0.3 is 5.73 Å². The first kappa shape index (κ1) is 13.6. The van der Waals surface area contributed by atoms with Gasteiger partial charge in [0.05, 0.1) is 10.8 Å². The molecule has 0 aliphatic heterocycles. The van der Waals surface area contributed by atoms with Gasteiger partial charge in [0.25, 0.3) is 0 Å². The number of rotatable bonds is 7. The molecule has 3 N–H and O–H groups in total. The molecule has 0 saturated heterocycles. The van der Waals surface area contributed by atoms with E-state index in [1.165, 1.54) is 0 Å². The topological polar surface area (TPSA) is 85.1 Å². The van der Waals surface area contributed by atoms with Crippen molar-refractivity contribution in [1.29, 1.82) is 0 Å². The van der Waals surface area contributed by atoms with Crippen LogP contribution in [-0.4, -0.2) is 32.2 Å². The molecule has 0 aliphatic carbocycles. The van der Waals surface area contributed by atoms with Crippen LogP contribution in [0.3, 0.4) is 0 Å². The first-order chi connectivity index (χ1) is 7.53. The lowest BCUT2D eigenvalue weighted by molar-refractivity contribution is 0.579. The molecule has 92 valence electrons. The first-order valence-corrected chi connectivity index (χ1v) is 7.65. The van der Waals surface area contributed by atoms with Crippen molar-refractivity contribution in [3.63, 3.8) is 0 Å². The molecule has 1 rings (SSSR count). The molecule has 5 nitrogen and oxygen atoms in total. The highest BCUT2D eigenvalue weighted by Crippen LogP contribution is 2.08. The van der Waals surface area contributed by atoms with Crippen molar-refractivity contribution in [2.45, 2.75) is 19.8 Å². The Morgan fingerprint density at radius 1 is 1.56 bits per heavy atom. The molecule has 0 bridgehead atoms. The zero-order valence-electron chi connectivity index (χ0n) is 9.27. The minimum absolute atomic E-state index is 0.0976. The van der Waals surface area contributed by atoms with E-state index in [9.17, 15) is 8.42 Å². The summed E-state index contributed by atoms with van der Waals surface area (Å²) in [7, 11) is -3.16. The Morgan fingerprint density at radius 2 is 2.31 bits per heavy atom. The Labute approximate surface area is 100 Å². The van der Waals surface area contributed by atoms with Crippen molar-refractivity contribution in [2.75, 3.05) is 18.8 Å². The second-order valence-corrected chi connectivity index (χ2v) is 6.36. The lowest BCUT2D eigenvalue weighted by Crippen LogP contribution is -2.29. The van der Waals surface area contributed by atoms with Crippen molar-refractivity contribution in [3.8, 4) is 0 Å². The zero-order chi connectivity index (χ0) is 12.0. The SMILES string of the molecule is Cc1csc(CCNS(=O)(=O)CCCN)n1. The highest BCUT2D eigenvalue weighted by Gasteiger charge is 2.08. The molecule has 0 radical (unpaired) electrons. The molecule has 0 unspecified atom stereocenters. The lowest BCUT2D eigenvalue weighted by Gasteiger charge is -2.04. The Kier molecular flexibility index (Phi) is 5.33. The summed E-state index contributed by atoms with van der Waals surface area (Å²) in [5, 5.41) is 2.91. The monoisotopic (exact) mass is 263 g/mol. The Balaban J connectivity index is 2.29. The second-order valence-electron chi connectivity index (χ2n) is 3.49. The number of nitrogens with zero attached hydrogens (tertiary/aromatic N) is 1. The third-order valence-electron chi connectivity index (χ3n) is 1.94.